The van der Waals surface area contributed by atoms with Crippen LogP contribution in [-0.4, -0.2) is 8.07 Å². The number of rotatable bonds is 4. The molecule has 0 N–H and O–H groups in total. The lowest BCUT2D eigenvalue weighted by Gasteiger charge is -2.37. The summed E-state index contributed by atoms with van der Waals surface area (Å²) >= 11 is 1.96. The first-order valence-electron chi connectivity index (χ1n) is 10.2. The van der Waals surface area contributed by atoms with Crippen molar-refractivity contribution in [2.45, 2.75) is 19.4 Å². The summed E-state index contributed by atoms with van der Waals surface area (Å²) in [5, 5.41) is 7.30. The standard InChI is InChI=1S/C27H24SSi/c1-20(2)29(21-12-5-3-6-13-21,22-14-7-4-8-15-22)26-19-11-17-24-23-16-9-10-18-25(23)28-27(24)26/h3-20H,1-2H3. The van der Waals surface area contributed by atoms with Crippen LogP contribution in [0.1, 0.15) is 13.8 Å². The van der Waals surface area contributed by atoms with E-state index in [-0.39, 0.29) is 0 Å². The maximum absolute atomic E-state index is 2.42. The van der Waals surface area contributed by atoms with E-state index in [1.54, 1.807) is 5.19 Å². The summed E-state index contributed by atoms with van der Waals surface area (Å²) in [6.45, 7) is 4.83. The van der Waals surface area contributed by atoms with Crippen LogP contribution >= 0.6 is 11.3 Å². The maximum atomic E-state index is 2.42. The quantitative estimate of drug-likeness (QED) is 0.255. The molecule has 0 saturated carbocycles. The van der Waals surface area contributed by atoms with Crippen molar-refractivity contribution < 1.29 is 0 Å². The molecular formula is C27H24SSi. The normalized spacial score (nSPS) is 12.1. The van der Waals surface area contributed by atoms with Gasteiger partial charge in [0.1, 0.15) is 0 Å². The first-order valence-corrected chi connectivity index (χ1v) is 13.1. The molecule has 0 atom stereocenters. The number of benzene rings is 4. The summed E-state index contributed by atoms with van der Waals surface area (Å²) in [5.41, 5.74) is 0.531. The Hall–Kier alpha value is -2.68. The Balaban J connectivity index is 1.94. The van der Waals surface area contributed by atoms with Crippen LogP contribution in [0.3, 0.4) is 0 Å². The van der Waals surface area contributed by atoms with E-state index in [2.05, 4.69) is 117 Å². The van der Waals surface area contributed by atoms with E-state index < -0.39 is 8.07 Å². The van der Waals surface area contributed by atoms with Gasteiger partial charge in [-0.15, -0.1) is 11.3 Å². The second kappa shape index (κ2) is 7.29. The van der Waals surface area contributed by atoms with Crippen LogP contribution in [0.25, 0.3) is 20.2 Å². The molecule has 0 aliphatic carbocycles. The number of hydrogen-bond acceptors (Lipinski definition) is 1. The minimum atomic E-state index is -2.22. The molecule has 0 amide bonds. The SMILES string of the molecule is CC(C)[Si](c1ccccc1)(c1ccccc1)c1cccc2c1sc1ccccc12. The first-order chi connectivity index (χ1) is 14.2. The average molecular weight is 409 g/mol. The number of thiophene rings is 1. The molecule has 0 spiro atoms. The molecule has 29 heavy (non-hydrogen) atoms. The van der Waals surface area contributed by atoms with Crippen LogP contribution < -0.4 is 15.6 Å². The van der Waals surface area contributed by atoms with Crippen molar-refractivity contribution in [1.29, 1.82) is 0 Å². The lowest BCUT2D eigenvalue weighted by Crippen LogP contribution is -2.69. The zero-order chi connectivity index (χ0) is 19.8. The van der Waals surface area contributed by atoms with Gasteiger partial charge in [0.2, 0.25) is 0 Å². The summed E-state index contributed by atoms with van der Waals surface area (Å²) in [6, 6.07) is 38.3. The smallest absolute Gasteiger partial charge is 0.135 e. The summed E-state index contributed by atoms with van der Waals surface area (Å²) in [7, 11) is -2.22. The van der Waals surface area contributed by atoms with Gasteiger partial charge in [-0.05, 0) is 27.2 Å². The first kappa shape index (κ1) is 18.4. The fourth-order valence-corrected chi connectivity index (χ4v) is 11.9. The molecule has 5 rings (SSSR count). The minimum Gasteiger partial charge on any atom is -0.135 e. The highest BCUT2D eigenvalue weighted by molar-refractivity contribution is 7.29. The molecule has 0 aliphatic heterocycles. The number of fused-ring (bicyclic) bond motifs is 3. The van der Waals surface area contributed by atoms with Crippen molar-refractivity contribution in [3.63, 3.8) is 0 Å². The molecule has 0 nitrogen and oxygen atoms in total. The third-order valence-electron chi connectivity index (χ3n) is 6.15. The van der Waals surface area contributed by atoms with Gasteiger partial charge in [0.15, 0.2) is 8.07 Å². The minimum absolute atomic E-state index is 0.531. The molecule has 0 bridgehead atoms. The van der Waals surface area contributed by atoms with Gasteiger partial charge in [0, 0.05) is 20.2 Å². The molecule has 0 fully saturated rings. The molecule has 0 radical (unpaired) electrons. The second-order valence-electron chi connectivity index (χ2n) is 7.98. The van der Waals surface area contributed by atoms with Crippen molar-refractivity contribution in [2.24, 2.45) is 0 Å². The van der Waals surface area contributed by atoms with Gasteiger partial charge < -0.3 is 0 Å². The van der Waals surface area contributed by atoms with Crippen molar-refractivity contribution in [2.75, 3.05) is 0 Å². The Morgan fingerprint density at radius 3 is 1.76 bits per heavy atom. The summed E-state index contributed by atoms with van der Waals surface area (Å²) in [4.78, 5) is 0. The molecule has 142 valence electrons. The van der Waals surface area contributed by atoms with E-state index in [9.17, 15) is 0 Å². The largest absolute Gasteiger partial charge is 0.152 e. The third kappa shape index (κ3) is 2.78. The van der Waals surface area contributed by atoms with Crippen LogP contribution in [-0.2, 0) is 0 Å². The van der Waals surface area contributed by atoms with E-state index in [4.69, 9.17) is 0 Å². The van der Waals surface area contributed by atoms with Crippen molar-refractivity contribution in [1.82, 2.24) is 0 Å². The Morgan fingerprint density at radius 2 is 1.14 bits per heavy atom. The average Bonchev–Trinajstić information content (AvgIpc) is 3.15. The molecule has 5 aromatic rings. The highest BCUT2D eigenvalue weighted by atomic mass is 32.1. The van der Waals surface area contributed by atoms with E-state index >= 15 is 0 Å². The molecule has 1 aromatic heterocycles. The Bertz CT molecular complexity index is 1230. The molecule has 4 aromatic carbocycles. The van der Waals surface area contributed by atoms with E-state index in [1.807, 2.05) is 11.3 Å². The Labute approximate surface area is 177 Å². The zero-order valence-electron chi connectivity index (χ0n) is 16.8. The van der Waals surface area contributed by atoms with E-state index in [0.717, 1.165) is 0 Å². The van der Waals surface area contributed by atoms with E-state index in [0.29, 0.717) is 5.54 Å². The lowest BCUT2D eigenvalue weighted by atomic mass is 10.1. The maximum Gasteiger partial charge on any atom is 0.152 e. The monoisotopic (exact) mass is 408 g/mol. The molecule has 2 heteroatoms. The lowest BCUT2D eigenvalue weighted by molar-refractivity contribution is 1.04. The van der Waals surface area contributed by atoms with Gasteiger partial charge in [-0.25, -0.2) is 0 Å². The van der Waals surface area contributed by atoms with Crippen molar-refractivity contribution >= 4 is 55.1 Å². The second-order valence-corrected chi connectivity index (χ2v) is 13.5. The summed E-state index contributed by atoms with van der Waals surface area (Å²) < 4.78 is 2.84. The van der Waals surface area contributed by atoms with Gasteiger partial charge in [-0.2, -0.15) is 0 Å². The van der Waals surface area contributed by atoms with Crippen LogP contribution in [0.5, 0.6) is 0 Å². The van der Waals surface area contributed by atoms with Crippen LogP contribution in [0, 0.1) is 0 Å². The van der Waals surface area contributed by atoms with Crippen molar-refractivity contribution in [3.05, 3.63) is 103 Å². The summed E-state index contributed by atoms with van der Waals surface area (Å²) in [6.07, 6.45) is 0. The van der Waals surface area contributed by atoms with Crippen LogP contribution in [0.2, 0.25) is 5.54 Å². The van der Waals surface area contributed by atoms with Gasteiger partial charge in [0.25, 0.3) is 0 Å². The molecule has 0 saturated heterocycles. The molecule has 0 unspecified atom stereocenters. The highest BCUT2D eigenvalue weighted by Gasteiger charge is 2.43. The highest BCUT2D eigenvalue weighted by Crippen LogP contribution is 2.35. The van der Waals surface area contributed by atoms with Gasteiger partial charge in [-0.3, -0.25) is 0 Å². The fourth-order valence-electron chi connectivity index (χ4n) is 4.92. The summed E-state index contributed by atoms with van der Waals surface area (Å²) in [5.74, 6) is 0. The topological polar surface area (TPSA) is 0 Å². The fraction of sp³-hybridized carbons (Fsp3) is 0.111. The van der Waals surface area contributed by atoms with Gasteiger partial charge in [0.05, 0.1) is 0 Å². The van der Waals surface area contributed by atoms with Crippen LogP contribution in [0.4, 0.5) is 0 Å². The van der Waals surface area contributed by atoms with Crippen LogP contribution in [0.15, 0.2) is 103 Å². The predicted molar refractivity (Wildman–Crippen MR) is 132 cm³/mol. The molecule has 1 heterocycles. The van der Waals surface area contributed by atoms with Gasteiger partial charge in [-0.1, -0.05) is 111 Å². The molecular weight excluding hydrogens is 384 g/mol. The predicted octanol–water partition coefficient (Wildman–Crippen LogP) is 5.93. The third-order valence-corrected chi connectivity index (χ3v) is 13.0. The Kier molecular flexibility index (Phi) is 4.61. The number of hydrogen-bond donors (Lipinski definition) is 0. The molecule has 0 aliphatic rings. The van der Waals surface area contributed by atoms with E-state index in [1.165, 1.54) is 30.5 Å². The van der Waals surface area contributed by atoms with Crippen molar-refractivity contribution in [3.8, 4) is 0 Å². The van der Waals surface area contributed by atoms with Gasteiger partial charge >= 0.3 is 0 Å². The Morgan fingerprint density at radius 1 is 0.586 bits per heavy atom. The zero-order valence-corrected chi connectivity index (χ0v) is 18.6.